The molecule has 0 unspecified atom stereocenters. The van der Waals surface area contributed by atoms with Crippen LogP contribution in [-0.2, 0) is 13.5 Å². The summed E-state index contributed by atoms with van der Waals surface area (Å²) in [5, 5.41) is 0. The van der Waals surface area contributed by atoms with Crippen molar-refractivity contribution in [3.63, 3.8) is 0 Å². The molecule has 0 radical (unpaired) electrons. The van der Waals surface area contributed by atoms with E-state index in [1.807, 2.05) is 24.7 Å². The Morgan fingerprint density at radius 1 is 1.64 bits per heavy atom. The maximum atomic E-state index is 10.6. The highest BCUT2D eigenvalue weighted by molar-refractivity contribution is 5.75. The van der Waals surface area contributed by atoms with Crippen molar-refractivity contribution < 1.29 is 4.79 Å². The molecule has 0 aliphatic carbocycles. The normalized spacial score (nSPS) is 10.1. The molecule has 1 rings (SSSR count). The molecule has 0 aliphatic heterocycles. The van der Waals surface area contributed by atoms with E-state index in [9.17, 15) is 4.79 Å². The van der Waals surface area contributed by atoms with Gasteiger partial charge in [0, 0.05) is 13.2 Å². The lowest BCUT2D eigenvalue weighted by molar-refractivity contribution is 0.111. The third-order valence-electron chi connectivity index (χ3n) is 2.02. The van der Waals surface area contributed by atoms with Crippen molar-refractivity contribution in [1.82, 2.24) is 4.57 Å². The van der Waals surface area contributed by atoms with Crippen LogP contribution in [0.1, 0.15) is 28.5 Å². The summed E-state index contributed by atoms with van der Waals surface area (Å²) in [4.78, 5) is 10.6. The monoisotopic (exact) mass is 151 g/mol. The first-order valence-corrected chi connectivity index (χ1v) is 3.80. The Bertz CT molecular complexity index is 273. The minimum absolute atomic E-state index is 0.810. The molecular formula is C9H13NO. The quantitative estimate of drug-likeness (QED) is 0.590. The van der Waals surface area contributed by atoms with Gasteiger partial charge in [0.2, 0.25) is 0 Å². The molecule has 0 aromatic carbocycles. The Balaban J connectivity index is 3.28. The molecule has 0 amide bonds. The van der Waals surface area contributed by atoms with E-state index >= 15 is 0 Å². The van der Waals surface area contributed by atoms with E-state index in [1.165, 1.54) is 11.1 Å². The van der Waals surface area contributed by atoms with Gasteiger partial charge in [-0.1, -0.05) is 6.92 Å². The van der Waals surface area contributed by atoms with Gasteiger partial charge in [0.05, 0.1) is 5.69 Å². The SMILES string of the molecule is CCc1c(C)cn(C)c1C=O. The van der Waals surface area contributed by atoms with Crippen LogP contribution < -0.4 is 0 Å². The molecule has 0 bridgehead atoms. The number of carbonyl (C=O) groups excluding carboxylic acids is 1. The molecule has 1 aromatic rings. The number of hydrogen-bond donors (Lipinski definition) is 0. The summed E-state index contributed by atoms with van der Waals surface area (Å²) in [5.74, 6) is 0. The lowest BCUT2D eigenvalue weighted by atomic mass is 10.1. The Morgan fingerprint density at radius 3 is 2.64 bits per heavy atom. The third-order valence-corrected chi connectivity index (χ3v) is 2.02. The molecule has 0 spiro atoms. The van der Waals surface area contributed by atoms with Crippen molar-refractivity contribution in [2.45, 2.75) is 20.3 Å². The number of hydrogen-bond acceptors (Lipinski definition) is 1. The maximum Gasteiger partial charge on any atom is 0.166 e. The highest BCUT2D eigenvalue weighted by Crippen LogP contribution is 2.14. The van der Waals surface area contributed by atoms with E-state index in [2.05, 4.69) is 6.92 Å². The molecule has 1 heterocycles. The molecule has 60 valence electrons. The van der Waals surface area contributed by atoms with Gasteiger partial charge < -0.3 is 4.57 Å². The second-order valence-corrected chi connectivity index (χ2v) is 2.76. The number of aromatic nitrogens is 1. The van der Waals surface area contributed by atoms with Crippen LogP contribution in [0.4, 0.5) is 0 Å². The van der Waals surface area contributed by atoms with Crippen molar-refractivity contribution in [3.05, 3.63) is 23.0 Å². The molecule has 0 saturated carbocycles. The minimum atomic E-state index is 0.810. The lowest BCUT2D eigenvalue weighted by Crippen LogP contribution is -1.95. The van der Waals surface area contributed by atoms with Gasteiger partial charge in [0.25, 0.3) is 0 Å². The molecule has 1 aromatic heterocycles. The molecular weight excluding hydrogens is 138 g/mol. The summed E-state index contributed by atoms with van der Waals surface area (Å²) in [6, 6.07) is 0. The van der Waals surface area contributed by atoms with Crippen molar-refractivity contribution >= 4 is 6.29 Å². The Hall–Kier alpha value is -1.05. The summed E-state index contributed by atoms with van der Waals surface area (Å²) in [7, 11) is 1.90. The number of carbonyl (C=O) groups is 1. The first-order chi connectivity index (χ1) is 5.20. The highest BCUT2D eigenvalue weighted by Gasteiger charge is 2.07. The van der Waals surface area contributed by atoms with E-state index in [0.717, 1.165) is 18.4 Å². The second kappa shape index (κ2) is 2.91. The fourth-order valence-corrected chi connectivity index (χ4v) is 1.47. The zero-order valence-electron chi connectivity index (χ0n) is 7.22. The summed E-state index contributed by atoms with van der Waals surface area (Å²) in [6.45, 7) is 4.10. The van der Waals surface area contributed by atoms with Crippen LogP contribution in [0.25, 0.3) is 0 Å². The number of nitrogens with zero attached hydrogens (tertiary/aromatic N) is 1. The summed E-state index contributed by atoms with van der Waals surface area (Å²) in [5.41, 5.74) is 3.18. The van der Waals surface area contributed by atoms with E-state index in [4.69, 9.17) is 0 Å². The van der Waals surface area contributed by atoms with E-state index in [1.54, 1.807) is 0 Å². The zero-order valence-corrected chi connectivity index (χ0v) is 7.22. The van der Waals surface area contributed by atoms with Gasteiger partial charge >= 0.3 is 0 Å². The van der Waals surface area contributed by atoms with Gasteiger partial charge in [-0.3, -0.25) is 4.79 Å². The largest absolute Gasteiger partial charge is 0.348 e. The molecule has 0 saturated heterocycles. The van der Waals surface area contributed by atoms with Crippen molar-refractivity contribution in [1.29, 1.82) is 0 Å². The average Bonchev–Trinajstić information content (AvgIpc) is 2.24. The molecule has 0 aliphatic rings. The number of aryl methyl sites for hydroxylation is 2. The van der Waals surface area contributed by atoms with Crippen LogP contribution in [0.3, 0.4) is 0 Å². The fourth-order valence-electron chi connectivity index (χ4n) is 1.47. The van der Waals surface area contributed by atoms with E-state index < -0.39 is 0 Å². The van der Waals surface area contributed by atoms with Gasteiger partial charge in [0.15, 0.2) is 6.29 Å². The fraction of sp³-hybridized carbons (Fsp3) is 0.444. The predicted molar refractivity (Wildman–Crippen MR) is 44.9 cm³/mol. The van der Waals surface area contributed by atoms with Gasteiger partial charge in [-0.15, -0.1) is 0 Å². The molecule has 0 N–H and O–H groups in total. The van der Waals surface area contributed by atoms with E-state index in [0.29, 0.717) is 0 Å². The topological polar surface area (TPSA) is 22.0 Å². The molecule has 2 nitrogen and oxygen atoms in total. The number of aldehydes is 1. The maximum absolute atomic E-state index is 10.6. The Morgan fingerprint density at radius 2 is 2.27 bits per heavy atom. The van der Waals surface area contributed by atoms with Crippen LogP contribution >= 0.6 is 0 Å². The Kier molecular flexibility index (Phi) is 2.13. The highest BCUT2D eigenvalue weighted by atomic mass is 16.1. The smallest absolute Gasteiger partial charge is 0.166 e. The summed E-state index contributed by atoms with van der Waals surface area (Å²) < 4.78 is 1.88. The summed E-state index contributed by atoms with van der Waals surface area (Å²) >= 11 is 0. The molecule has 2 heteroatoms. The third kappa shape index (κ3) is 1.20. The van der Waals surface area contributed by atoms with Crippen molar-refractivity contribution in [2.24, 2.45) is 7.05 Å². The number of rotatable bonds is 2. The Labute approximate surface area is 66.8 Å². The first kappa shape index (κ1) is 8.05. The van der Waals surface area contributed by atoms with Crippen molar-refractivity contribution in [2.75, 3.05) is 0 Å². The van der Waals surface area contributed by atoms with Crippen LogP contribution in [0.15, 0.2) is 6.20 Å². The van der Waals surface area contributed by atoms with Crippen LogP contribution in [-0.4, -0.2) is 10.9 Å². The molecule has 0 fully saturated rings. The van der Waals surface area contributed by atoms with Crippen LogP contribution in [0.5, 0.6) is 0 Å². The predicted octanol–water partition coefficient (Wildman–Crippen LogP) is 1.71. The standard InChI is InChI=1S/C9H13NO/c1-4-8-7(2)5-10(3)9(8)6-11/h5-6H,4H2,1-3H3. The van der Waals surface area contributed by atoms with Gasteiger partial charge in [-0.2, -0.15) is 0 Å². The lowest BCUT2D eigenvalue weighted by Gasteiger charge is -1.96. The average molecular weight is 151 g/mol. The molecule has 0 atom stereocenters. The summed E-state index contributed by atoms with van der Waals surface area (Å²) in [6.07, 6.45) is 3.84. The first-order valence-electron chi connectivity index (χ1n) is 3.80. The zero-order chi connectivity index (χ0) is 8.43. The van der Waals surface area contributed by atoms with Gasteiger partial charge in [-0.05, 0) is 24.5 Å². The van der Waals surface area contributed by atoms with Crippen molar-refractivity contribution in [3.8, 4) is 0 Å². The molecule has 11 heavy (non-hydrogen) atoms. The van der Waals surface area contributed by atoms with Crippen LogP contribution in [0.2, 0.25) is 0 Å². The minimum Gasteiger partial charge on any atom is -0.348 e. The van der Waals surface area contributed by atoms with Gasteiger partial charge in [0.1, 0.15) is 0 Å². The van der Waals surface area contributed by atoms with Gasteiger partial charge in [-0.25, -0.2) is 0 Å². The second-order valence-electron chi connectivity index (χ2n) is 2.76. The van der Waals surface area contributed by atoms with Crippen LogP contribution in [0, 0.1) is 6.92 Å². The van der Waals surface area contributed by atoms with E-state index in [-0.39, 0.29) is 0 Å².